The van der Waals surface area contributed by atoms with Gasteiger partial charge in [0.15, 0.2) is 0 Å². The highest BCUT2D eigenvalue weighted by molar-refractivity contribution is 7.89. The quantitative estimate of drug-likeness (QED) is 0.436. The molecule has 2 aliphatic heterocycles. The number of carbonyl (C=O) groups is 1. The number of sulfonamides is 1. The van der Waals surface area contributed by atoms with Gasteiger partial charge in [0.1, 0.15) is 0 Å². The third-order valence-corrected chi connectivity index (χ3v) is 6.49. The van der Waals surface area contributed by atoms with Gasteiger partial charge in [-0.1, -0.05) is 19.1 Å². The minimum Gasteiger partial charge on any atom is -0.481 e. The molecule has 0 aromatic rings. The lowest BCUT2D eigenvalue weighted by atomic mass is 9.77. The summed E-state index contributed by atoms with van der Waals surface area (Å²) in [4.78, 5) is 10.5. The molecule has 0 spiro atoms. The Morgan fingerprint density at radius 2 is 1.96 bits per heavy atom. The Labute approximate surface area is 144 Å². The summed E-state index contributed by atoms with van der Waals surface area (Å²) in [6.45, 7) is 2.32. The second-order valence-corrected chi connectivity index (χ2v) is 8.70. The second-order valence-electron chi connectivity index (χ2n) is 6.78. The van der Waals surface area contributed by atoms with Gasteiger partial charge < -0.3 is 9.84 Å². The fraction of sp³-hybridized carbons (Fsp3) is 0.824. The number of nitrogens with one attached hydrogen (secondary N) is 1. The van der Waals surface area contributed by atoms with E-state index >= 15 is 0 Å². The van der Waals surface area contributed by atoms with Crippen LogP contribution in [0.2, 0.25) is 0 Å². The lowest BCUT2D eigenvalue weighted by Gasteiger charge is -2.27. The van der Waals surface area contributed by atoms with Crippen molar-refractivity contribution in [3.8, 4) is 0 Å². The normalized spacial score (nSPS) is 29.5. The standard InChI is InChI=1S/C17H29NO5S/c1-2-11-24(21,22)18-12-14-13(15-9-10-16(14)23-15)7-5-3-4-6-8-17(19)20/h3,5,13-16,18H,2,4,6-12H2,1H3,(H,19,20)/b5-3-/t13-,14+,15-,16+/m1/s1. The minimum atomic E-state index is -3.18. The summed E-state index contributed by atoms with van der Waals surface area (Å²) < 4.78 is 32.5. The van der Waals surface area contributed by atoms with Crippen LogP contribution < -0.4 is 4.72 Å². The van der Waals surface area contributed by atoms with E-state index in [0.717, 1.165) is 25.7 Å². The third kappa shape index (κ3) is 5.57. The first-order chi connectivity index (χ1) is 11.4. The average molecular weight is 359 g/mol. The van der Waals surface area contributed by atoms with E-state index in [1.54, 1.807) is 0 Å². The Balaban J connectivity index is 1.81. The van der Waals surface area contributed by atoms with Crippen molar-refractivity contribution >= 4 is 16.0 Å². The van der Waals surface area contributed by atoms with E-state index in [0.29, 0.717) is 25.3 Å². The number of fused-ring (bicyclic) bond motifs is 2. The summed E-state index contributed by atoms with van der Waals surface area (Å²) in [7, 11) is -3.18. The van der Waals surface area contributed by atoms with Gasteiger partial charge in [-0.3, -0.25) is 4.79 Å². The van der Waals surface area contributed by atoms with Crippen LogP contribution in [-0.4, -0.2) is 44.0 Å². The van der Waals surface area contributed by atoms with Crippen LogP contribution in [0.3, 0.4) is 0 Å². The molecule has 2 saturated heterocycles. The Bertz CT molecular complexity index is 545. The van der Waals surface area contributed by atoms with Gasteiger partial charge in [-0.2, -0.15) is 0 Å². The molecule has 138 valence electrons. The zero-order chi connectivity index (χ0) is 17.6. The van der Waals surface area contributed by atoms with Crippen LogP contribution in [0.5, 0.6) is 0 Å². The van der Waals surface area contributed by atoms with E-state index in [1.165, 1.54) is 0 Å². The zero-order valence-corrected chi connectivity index (χ0v) is 15.1. The molecule has 2 heterocycles. The summed E-state index contributed by atoms with van der Waals surface area (Å²) in [6, 6.07) is 0. The smallest absolute Gasteiger partial charge is 0.303 e. The third-order valence-electron chi connectivity index (χ3n) is 4.94. The first-order valence-electron chi connectivity index (χ1n) is 8.92. The fourth-order valence-corrected chi connectivity index (χ4v) is 4.91. The molecule has 0 radical (unpaired) electrons. The number of allylic oxidation sites excluding steroid dienone is 2. The van der Waals surface area contributed by atoms with Crippen LogP contribution >= 0.6 is 0 Å². The number of carboxylic acids is 1. The molecule has 2 rings (SSSR count). The number of unbranched alkanes of at least 4 members (excludes halogenated alkanes) is 1. The number of hydrogen-bond donors (Lipinski definition) is 2. The van der Waals surface area contributed by atoms with Gasteiger partial charge in [0.2, 0.25) is 10.0 Å². The van der Waals surface area contributed by atoms with E-state index in [1.807, 2.05) is 13.0 Å². The van der Waals surface area contributed by atoms with Crippen molar-refractivity contribution in [2.75, 3.05) is 12.3 Å². The van der Waals surface area contributed by atoms with E-state index in [9.17, 15) is 13.2 Å². The number of carboxylic acid groups (broad SMARTS) is 1. The van der Waals surface area contributed by atoms with Crippen molar-refractivity contribution in [1.82, 2.24) is 4.72 Å². The lowest BCUT2D eigenvalue weighted by Crippen LogP contribution is -2.38. The van der Waals surface area contributed by atoms with Crippen molar-refractivity contribution in [3.63, 3.8) is 0 Å². The summed E-state index contributed by atoms with van der Waals surface area (Å²) in [5.41, 5.74) is 0. The first-order valence-corrected chi connectivity index (χ1v) is 10.6. The van der Waals surface area contributed by atoms with Crippen molar-refractivity contribution in [2.24, 2.45) is 11.8 Å². The van der Waals surface area contributed by atoms with Crippen LogP contribution in [0, 0.1) is 11.8 Å². The van der Waals surface area contributed by atoms with E-state index < -0.39 is 16.0 Å². The Hall–Kier alpha value is -0.920. The highest BCUT2D eigenvalue weighted by atomic mass is 32.2. The Kier molecular flexibility index (Phi) is 7.25. The summed E-state index contributed by atoms with van der Waals surface area (Å²) in [5, 5.41) is 8.62. The minimum absolute atomic E-state index is 0.169. The number of hydrogen-bond acceptors (Lipinski definition) is 4. The predicted molar refractivity (Wildman–Crippen MR) is 92.2 cm³/mol. The van der Waals surface area contributed by atoms with Gasteiger partial charge in [-0.15, -0.1) is 0 Å². The molecule has 7 heteroatoms. The van der Waals surface area contributed by atoms with Crippen molar-refractivity contribution in [3.05, 3.63) is 12.2 Å². The second kappa shape index (κ2) is 8.97. The van der Waals surface area contributed by atoms with Crippen molar-refractivity contribution < 1.29 is 23.1 Å². The molecular weight excluding hydrogens is 330 g/mol. The Morgan fingerprint density at radius 1 is 1.25 bits per heavy atom. The maximum absolute atomic E-state index is 11.9. The van der Waals surface area contributed by atoms with Crippen LogP contribution in [0.4, 0.5) is 0 Å². The average Bonchev–Trinajstić information content (AvgIpc) is 3.09. The molecule has 2 fully saturated rings. The molecule has 0 aromatic heterocycles. The molecule has 2 bridgehead atoms. The van der Waals surface area contributed by atoms with Crippen LogP contribution in [-0.2, 0) is 19.6 Å². The van der Waals surface area contributed by atoms with Gasteiger partial charge in [0.25, 0.3) is 0 Å². The van der Waals surface area contributed by atoms with Gasteiger partial charge in [-0.25, -0.2) is 13.1 Å². The van der Waals surface area contributed by atoms with Crippen LogP contribution in [0.15, 0.2) is 12.2 Å². The van der Waals surface area contributed by atoms with Crippen LogP contribution in [0.25, 0.3) is 0 Å². The molecule has 2 aliphatic rings. The molecule has 0 saturated carbocycles. The summed E-state index contributed by atoms with van der Waals surface area (Å²) in [5.74, 6) is -0.00444. The molecule has 0 aromatic carbocycles. The van der Waals surface area contributed by atoms with Crippen molar-refractivity contribution in [1.29, 1.82) is 0 Å². The molecule has 0 amide bonds. The van der Waals surface area contributed by atoms with Gasteiger partial charge in [0, 0.05) is 18.9 Å². The fourth-order valence-electron chi connectivity index (χ4n) is 3.79. The molecule has 2 N–H and O–H groups in total. The SMILES string of the molecule is CCCS(=O)(=O)NC[C@H]1[C@@H](C/C=C\CCCC(=O)O)[C@H]2CC[C@@H]1O2. The van der Waals surface area contributed by atoms with Crippen LogP contribution in [0.1, 0.15) is 51.9 Å². The van der Waals surface area contributed by atoms with E-state index in [-0.39, 0.29) is 30.3 Å². The largest absolute Gasteiger partial charge is 0.481 e. The van der Waals surface area contributed by atoms with Gasteiger partial charge in [-0.05, 0) is 44.4 Å². The summed E-state index contributed by atoms with van der Waals surface area (Å²) >= 11 is 0. The monoisotopic (exact) mass is 359 g/mol. The Morgan fingerprint density at radius 3 is 2.62 bits per heavy atom. The summed E-state index contributed by atoms with van der Waals surface area (Å²) in [6.07, 6.45) is 9.72. The van der Waals surface area contributed by atoms with Gasteiger partial charge >= 0.3 is 5.97 Å². The highest BCUT2D eigenvalue weighted by Crippen LogP contribution is 2.44. The van der Waals surface area contributed by atoms with E-state index in [2.05, 4.69) is 10.8 Å². The molecule has 24 heavy (non-hydrogen) atoms. The lowest BCUT2D eigenvalue weighted by molar-refractivity contribution is -0.137. The first kappa shape index (κ1) is 19.4. The predicted octanol–water partition coefficient (Wildman–Crippen LogP) is 2.31. The molecule has 6 nitrogen and oxygen atoms in total. The molecule has 4 atom stereocenters. The zero-order valence-electron chi connectivity index (χ0n) is 14.3. The number of aliphatic carboxylic acids is 1. The maximum atomic E-state index is 11.9. The number of ether oxygens (including phenoxy) is 1. The highest BCUT2D eigenvalue weighted by Gasteiger charge is 2.48. The van der Waals surface area contributed by atoms with Crippen molar-refractivity contribution in [2.45, 2.75) is 64.1 Å². The number of rotatable bonds is 11. The topological polar surface area (TPSA) is 92.7 Å². The molecule has 0 aliphatic carbocycles. The van der Waals surface area contributed by atoms with E-state index in [4.69, 9.17) is 9.84 Å². The molecular formula is C17H29NO5S. The van der Waals surface area contributed by atoms with Gasteiger partial charge in [0.05, 0.1) is 18.0 Å². The maximum Gasteiger partial charge on any atom is 0.303 e. The molecule has 0 unspecified atom stereocenters.